The highest BCUT2D eigenvalue weighted by molar-refractivity contribution is 6.33. The van der Waals surface area contributed by atoms with Gasteiger partial charge >= 0.3 is 5.97 Å². The molecule has 0 aromatic heterocycles. The van der Waals surface area contributed by atoms with Crippen LogP contribution in [0, 0.1) is 5.82 Å². The number of halogens is 2. The Balaban J connectivity index is 2.43. The predicted molar refractivity (Wildman–Crippen MR) is 65.7 cm³/mol. The molecule has 17 heavy (non-hydrogen) atoms. The smallest absolute Gasteiger partial charge is 0.330 e. The molecule has 1 aromatic carbocycles. The number of carbonyl (C=O) groups is 1. The Morgan fingerprint density at radius 2 is 2.35 bits per heavy atom. The van der Waals surface area contributed by atoms with Crippen molar-refractivity contribution in [3.05, 3.63) is 41.2 Å². The zero-order valence-corrected chi connectivity index (χ0v) is 10.1. The average molecular weight is 258 g/mol. The Hall–Kier alpha value is -1.55. The Morgan fingerprint density at radius 3 is 3.00 bits per heavy atom. The molecule has 1 N–H and O–H groups in total. The van der Waals surface area contributed by atoms with E-state index in [0.717, 1.165) is 0 Å². The summed E-state index contributed by atoms with van der Waals surface area (Å²) in [6.45, 7) is 2.49. The van der Waals surface area contributed by atoms with Crippen LogP contribution in [0.2, 0.25) is 5.02 Å². The maximum atomic E-state index is 12.7. The van der Waals surface area contributed by atoms with Gasteiger partial charge in [0.05, 0.1) is 17.3 Å². The topological polar surface area (TPSA) is 38.3 Å². The van der Waals surface area contributed by atoms with Crippen molar-refractivity contribution in [2.24, 2.45) is 0 Å². The molecule has 0 unspecified atom stereocenters. The van der Waals surface area contributed by atoms with Crippen LogP contribution in [-0.4, -0.2) is 19.1 Å². The molecule has 0 atom stereocenters. The van der Waals surface area contributed by atoms with Crippen molar-refractivity contribution in [1.29, 1.82) is 0 Å². The molecule has 0 aliphatic rings. The highest BCUT2D eigenvalue weighted by Crippen LogP contribution is 2.21. The standard InChI is InChI=1S/C12H13ClFNO2/c1-2-17-12(16)4-3-7-15-11-6-5-9(14)8-10(11)13/h3-6,8,15H,2,7H2,1H3/b4-3+. The van der Waals surface area contributed by atoms with Gasteiger partial charge in [0.15, 0.2) is 0 Å². The minimum atomic E-state index is -0.389. The lowest BCUT2D eigenvalue weighted by atomic mass is 10.3. The fourth-order valence-corrected chi connectivity index (χ4v) is 1.38. The quantitative estimate of drug-likeness (QED) is 0.651. The number of hydrogen-bond donors (Lipinski definition) is 1. The van der Waals surface area contributed by atoms with Crippen LogP contribution in [0.1, 0.15) is 6.92 Å². The van der Waals surface area contributed by atoms with Gasteiger partial charge in [0.25, 0.3) is 0 Å². The molecule has 0 aliphatic heterocycles. The van der Waals surface area contributed by atoms with Gasteiger partial charge in [0.2, 0.25) is 0 Å². The Morgan fingerprint density at radius 1 is 1.59 bits per heavy atom. The van der Waals surface area contributed by atoms with Crippen molar-refractivity contribution in [2.45, 2.75) is 6.92 Å². The second-order valence-corrected chi connectivity index (χ2v) is 3.57. The molecule has 0 heterocycles. The number of rotatable bonds is 5. The molecule has 0 saturated carbocycles. The van der Waals surface area contributed by atoms with Crippen molar-refractivity contribution in [3.8, 4) is 0 Å². The highest BCUT2D eigenvalue weighted by atomic mass is 35.5. The summed E-state index contributed by atoms with van der Waals surface area (Å²) in [6, 6.07) is 4.07. The van der Waals surface area contributed by atoms with Crippen molar-refractivity contribution in [3.63, 3.8) is 0 Å². The molecule has 92 valence electrons. The van der Waals surface area contributed by atoms with E-state index < -0.39 is 0 Å². The first kappa shape index (κ1) is 13.5. The fraction of sp³-hybridized carbons (Fsp3) is 0.250. The SMILES string of the molecule is CCOC(=O)/C=C/CNc1ccc(F)cc1Cl. The van der Waals surface area contributed by atoms with Crippen LogP contribution in [0.4, 0.5) is 10.1 Å². The van der Waals surface area contributed by atoms with Crippen LogP contribution < -0.4 is 5.32 Å². The lowest BCUT2D eigenvalue weighted by Crippen LogP contribution is -2.02. The number of nitrogens with one attached hydrogen (secondary N) is 1. The zero-order valence-electron chi connectivity index (χ0n) is 9.37. The monoisotopic (exact) mass is 257 g/mol. The van der Waals surface area contributed by atoms with E-state index in [0.29, 0.717) is 23.9 Å². The van der Waals surface area contributed by atoms with Crippen molar-refractivity contribution in [1.82, 2.24) is 0 Å². The second-order valence-electron chi connectivity index (χ2n) is 3.16. The average Bonchev–Trinajstić information content (AvgIpc) is 2.27. The molecule has 1 aromatic rings. The summed E-state index contributed by atoms with van der Waals surface area (Å²) < 4.78 is 17.4. The molecule has 0 aliphatic carbocycles. The fourth-order valence-electron chi connectivity index (χ4n) is 1.15. The predicted octanol–water partition coefficient (Wildman–Crippen LogP) is 3.01. The van der Waals surface area contributed by atoms with Crippen molar-refractivity contribution >= 4 is 23.3 Å². The summed E-state index contributed by atoms with van der Waals surface area (Å²) in [7, 11) is 0. The third kappa shape index (κ3) is 4.87. The van der Waals surface area contributed by atoms with Gasteiger partial charge < -0.3 is 10.1 Å². The molecule has 0 bridgehead atoms. The maximum absolute atomic E-state index is 12.7. The van der Waals surface area contributed by atoms with Crippen molar-refractivity contribution in [2.75, 3.05) is 18.5 Å². The number of anilines is 1. The van der Waals surface area contributed by atoms with Crippen LogP contribution >= 0.6 is 11.6 Å². The van der Waals surface area contributed by atoms with Crippen LogP contribution in [0.15, 0.2) is 30.4 Å². The molecular formula is C12H13ClFNO2. The summed E-state index contributed by atoms with van der Waals surface area (Å²) in [5.41, 5.74) is 0.613. The number of esters is 1. The third-order valence-corrected chi connectivity index (χ3v) is 2.19. The Bertz CT molecular complexity index is 421. The molecule has 0 amide bonds. The summed E-state index contributed by atoms with van der Waals surface area (Å²) in [6.07, 6.45) is 2.94. The van der Waals surface area contributed by atoms with Gasteiger partial charge in [-0.1, -0.05) is 17.7 Å². The van der Waals surface area contributed by atoms with E-state index in [-0.39, 0.29) is 11.8 Å². The summed E-state index contributed by atoms with van der Waals surface area (Å²) in [5, 5.41) is 3.24. The molecule has 3 nitrogen and oxygen atoms in total. The number of benzene rings is 1. The molecule has 0 spiro atoms. The largest absolute Gasteiger partial charge is 0.463 e. The maximum Gasteiger partial charge on any atom is 0.330 e. The van der Waals surface area contributed by atoms with E-state index in [9.17, 15) is 9.18 Å². The van der Waals surface area contributed by atoms with E-state index in [1.165, 1.54) is 24.3 Å². The van der Waals surface area contributed by atoms with Crippen LogP contribution in [0.25, 0.3) is 0 Å². The van der Waals surface area contributed by atoms with E-state index in [1.807, 2.05) is 0 Å². The summed E-state index contributed by atoms with van der Waals surface area (Å²) in [5.74, 6) is -0.776. The van der Waals surface area contributed by atoms with E-state index >= 15 is 0 Å². The van der Waals surface area contributed by atoms with Gasteiger partial charge in [-0.3, -0.25) is 0 Å². The van der Waals surface area contributed by atoms with Crippen LogP contribution in [0.3, 0.4) is 0 Å². The van der Waals surface area contributed by atoms with Gasteiger partial charge in [-0.25, -0.2) is 9.18 Å². The summed E-state index contributed by atoms with van der Waals surface area (Å²) >= 11 is 5.80. The minimum Gasteiger partial charge on any atom is -0.463 e. The highest BCUT2D eigenvalue weighted by Gasteiger charge is 2.00. The molecule has 0 radical (unpaired) electrons. The molecule has 0 fully saturated rings. The van der Waals surface area contributed by atoms with Gasteiger partial charge in [0, 0.05) is 12.6 Å². The van der Waals surface area contributed by atoms with Gasteiger partial charge in [-0.15, -0.1) is 0 Å². The van der Waals surface area contributed by atoms with E-state index in [2.05, 4.69) is 5.32 Å². The van der Waals surface area contributed by atoms with Gasteiger partial charge in [-0.2, -0.15) is 0 Å². The van der Waals surface area contributed by atoms with E-state index in [4.69, 9.17) is 16.3 Å². The Kier molecular flexibility index (Phi) is 5.49. The first-order valence-corrected chi connectivity index (χ1v) is 5.53. The number of hydrogen-bond acceptors (Lipinski definition) is 3. The summed E-state index contributed by atoms with van der Waals surface area (Å²) in [4.78, 5) is 11.0. The molecule has 5 heteroatoms. The first-order valence-electron chi connectivity index (χ1n) is 5.15. The number of ether oxygens (including phenoxy) is 1. The van der Waals surface area contributed by atoms with Gasteiger partial charge in [-0.05, 0) is 25.1 Å². The minimum absolute atomic E-state index is 0.300. The van der Waals surface area contributed by atoms with Gasteiger partial charge in [0.1, 0.15) is 5.82 Å². The lowest BCUT2D eigenvalue weighted by Gasteiger charge is -2.05. The molecule has 0 saturated heterocycles. The van der Waals surface area contributed by atoms with Crippen molar-refractivity contribution < 1.29 is 13.9 Å². The normalized spacial score (nSPS) is 10.5. The van der Waals surface area contributed by atoms with Crippen LogP contribution in [0.5, 0.6) is 0 Å². The molecule has 1 rings (SSSR count). The van der Waals surface area contributed by atoms with E-state index in [1.54, 1.807) is 13.0 Å². The molecular weight excluding hydrogens is 245 g/mol. The lowest BCUT2D eigenvalue weighted by molar-refractivity contribution is -0.137. The second kappa shape index (κ2) is 6.91. The van der Waals surface area contributed by atoms with Crippen LogP contribution in [-0.2, 0) is 9.53 Å². The number of carbonyl (C=O) groups excluding carboxylic acids is 1. The Labute approximate surface area is 104 Å². The third-order valence-electron chi connectivity index (χ3n) is 1.88. The zero-order chi connectivity index (χ0) is 12.7. The first-order chi connectivity index (χ1) is 8.13.